The fourth-order valence-electron chi connectivity index (χ4n) is 11.8. The fourth-order valence-corrected chi connectivity index (χ4v) is 13.4. The van der Waals surface area contributed by atoms with Gasteiger partial charge in [-0.3, -0.25) is 37.3 Å². The molecule has 17 nitrogen and oxygen atoms in total. The summed E-state index contributed by atoms with van der Waals surface area (Å²) in [5.41, 5.74) is 0. The van der Waals surface area contributed by atoms with Crippen LogP contribution in [0.15, 0.2) is 0 Å². The van der Waals surface area contributed by atoms with E-state index in [1.807, 2.05) is 0 Å². The lowest BCUT2D eigenvalue weighted by Gasteiger charge is -2.21. The molecular weight excluding hydrogens is 1260 g/mol. The predicted octanol–water partition coefficient (Wildman–Crippen LogP) is 22.7. The highest BCUT2D eigenvalue weighted by Crippen LogP contribution is 2.45. The number of hydrogen-bond donors (Lipinski definition) is 3. The molecule has 0 heterocycles. The van der Waals surface area contributed by atoms with Gasteiger partial charge in [0.2, 0.25) is 0 Å². The van der Waals surface area contributed by atoms with Crippen LogP contribution in [0.3, 0.4) is 0 Å². The molecule has 0 amide bonds. The smallest absolute Gasteiger partial charge is 0.462 e. The molecule has 0 rings (SSSR count). The van der Waals surface area contributed by atoms with Crippen molar-refractivity contribution in [3.63, 3.8) is 0 Å². The normalized spacial score (nSPS) is 14.3. The Balaban J connectivity index is 5.18. The Kier molecular flexibility index (Phi) is 67.4. The summed E-state index contributed by atoms with van der Waals surface area (Å²) in [4.78, 5) is 72.7. The number of esters is 4. The van der Waals surface area contributed by atoms with Crippen LogP contribution < -0.4 is 0 Å². The molecule has 0 aliphatic heterocycles. The van der Waals surface area contributed by atoms with E-state index in [1.165, 1.54) is 205 Å². The third-order valence-electron chi connectivity index (χ3n) is 18.3. The molecule has 0 aromatic rings. The van der Waals surface area contributed by atoms with Gasteiger partial charge in [0.15, 0.2) is 12.2 Å². The maximum Gasteiger partial charge on any atom is 0.472 e. The highest BCUT2D eigenvalue weighted by molar-refractivity contribution is 7.47. The third-order valence-corrected chi connectivity index (χ3v) is 20.2. The van der Waals surface area contributed by atoms with E-state index in [0.29, 0.717) is 25.7 Å². The monoisotopic (exact) mass is 1410 g/mol. The molecule has 0 aliphatic carbocycles. The lowest BCUT2D eigenvalue weighted by atomic mass is 9.99. The first kappa shape index (κ1) is 94.1. The number of aliphatic hydroxyl groups is 1. The van der Waals surface area contributed by atoms with Crippen LogP contribution in [-0.2, 0) is 65.4 Å². The molecule has 0 saturated heterocycles. The Morgan fingerprint density at radius 3 is 0.792 bits per heavy atom. The highest BCUT2D eigenvalue weighted by Gasteiger charge is 2.30. The Morgan fingerprint density at radius 1 is 0.302 bits per heavy atom. The Hall–Kier alpha value is -1.94. The SMILES string of the molecule is CCCCCCCCCCCCCCCCCCCCCC(=O)O[C@H](COC(=O)CCCCCCCCCCCCCCCCCC(C)C)COP(=O)(O)OC[C@@H](O)COP(=O)(O)OC[C@@H](COC(=O)CCCCCCCCC)OC(=O)CCCCCCCCCCC(C)CC. The zero-order valence-corrected chi connectivity index (χ0v) is 64.5. The molecule has 0 bridgehead atoms. The topological polar surface area (TPSA) is 237 Å². The van der Waals surface area contributed by atoms with Crippen molar-refractivity contribution in [1.82, 2.24) is 0 Å². The van der Waals surface area contributed by atoms with Crippen LogP contribution in [-0.4, -0.2) is 96.7 Å². The van der Waals surface area contributed by atoms with Gasteiger partial charge in [-0.2, -0.15) is 0 Å². The van der Waals surface area contributed by atoms with Crippen LogP contribution in [0, 0.1) is 11.8 Å². The van der Waals surface area contributed by atoms with Crippen LogP contribution in [0.2, 0.25) is 0 Å². The van der Waals surface area contributed by atoms with Crippen LogP contribution in [0.4, 0.5) is 0 Å². The van der Waals surface area contributed by atoms with Crippen molar-refractivity contribution >= 4 is 39.5 Å². The summed E-state index contributed by atoms with van der Waals surface area (Å²) in [5.74, 6) is -0.544. The maximum absolute atomic E-state index is 13.1. The van der Waals surface area contributed by atoms with Gasteiger partial charge in [-0.1, -0.05) is 350 Å². The van der Waals surface area contributed by atoms with Gasteiger partial charge in [0.25, 0.3) is 0 Å². The van der Waals surface area contributed by atoms with E-state index in [0.717, 1.165) is 115 Å². The molecule has 0 spiro atoms. The molecule has 3 unspecified atom stereocenters. The Bertz CT molecular complexity index is 1860. The van der Waals surface area contributed by atoms with E-state index < -0.39 is 97.5 Å². The molecule has 0 saturated carbocycles. The van der Waals surface area contributed by atoms with Crippen LogP contribution >= 0.6 is 15.6 Å². The zero-order chi connectivity index (χ0) is 70.7. The predicted molar refractivity (Wildman–Crippen MR) is 391 cm³/mol. The van der Waals surface area contributed by atoms with Crippen LogP contribution in [0.5, 0.6) is 0 Å². The van der Waals surface area contributed by atoms with E-state index >= 15 is 0 Å². The molecule has 19 heteroatoms. The summed E-state index contributed by atoms with van der Waals surface area (Å²) in [7, 11) is -9.91. The number of phosphoric acid groups is 2. The lowest BCUT2D eigenvalue weighted by molar-refractivity contribution is -0.161. The lowest BCUT2D eigenvalue weighted by Crippen LogP contribution is -2.30. The second-order valence-corrected chi connectivity index (χ2v) is 31.4. The number of hydrogen-bond acceptors (Lipinski definition) is 15. The first-order valence-corrected chi connectivity index (χ1v) is 43.0. The van der Waals surface area contributed by atoms with Crippen molar-refractivity contribution in [3.05, 3.63) is 0 Å². The molecule has 0 fully saturated rings. The third kappa shape index (κ3) is 69.2. The molecule has 0 aromatic heterocycles. The van der Waals surface area contributed by atoms with Gasteiger partial charge in [-0.15, -0.1) is 0 Å². The number of ether oxygens (including phenoxy) is 4. The van der Waals surface area contributed by atoms with E-state index in [4.69, 9.17) is 37.0 Å². The largest absolute Gasteiger partial charge is 0.472 e. The van der Waals surface area contributed by atoms with Gasteiger partial charge in [-0.25, -0.2) is 9.13 Å². The van der Waals surface area contributed by atoms with E-state index in [1.54, 1.807) is 0 Å². The number of carbonyl (C=O) groups is 4. The standard InChI is InChI=1S/C77H150O17P2/c1-7-10-12-14-16-17-18-19-20-21-22-23-26-30-33-36-43-49-55-61-76(81)93-73(66-88-75(80)60-54-48-42-35-32-29-27-24-25-28-31-34-40-45-51-57-69(4)5)68-92-96(85,86)90-64-71(78)63-89-95(83,84)91-67-72(65-87-74(79)59-53-47-39-15-13-11-8-2)94-77(82)62-56-50-44-38-37-41-46-52-58-70(6)9-3/h69-73,78H,7-68H2,1-6H3,(H,83,84)(H,85,86)/t70?,71-,72+,73+/m0/s1. The summed E-state index contributed by atoms with van der Waals surface area (Å²) < 4.78 is 68.4. The van der Waals surface area contributed by atoms with Gasteiger partial charge in [0, 0.05) is 25.7 Å². The Labute approximate surface area is 588 Å². The number of unbranched alkanes of at least 4 members (excludes halogenated alkanes) is 45. The van der Waals surface area contributed by atoms with Crippen LogP contribution in [0.1, 0.15) is 401 Å². The molecule has 0 aromatic carbocycles. The van der Waals surface area contributed by atoms with Crippen molar-refractivity contribution in [1.29, 1.82) is 0 Å². The first-order valence-electron chi connectivity index (χ1n) is 40.0. The summed E-state index contributed by atoms with van der Waals surface area (Å²) in [5, 5.41) is 10.6. The summed E-state index contributed by atoms with van der Waals surface area (Å²) >= 11 is 0. The molecular formula is C77H150O17P2. The number of rotatable bonds is 76. The fraction of sp³-hybridized carbons (Fsp3) is 0.948. The van der Waals surface area contributed by atoms with Crippen molar-refractivity contribution in [2.45, 2.75) is 419 Å². The minimum absolute atomic E-state index is 0.105. The Morgan fingerprint density at radius 2 is 0.531 bits per heavy atom. The second kappa shape index (κ2) is 68.8. The summed E-state index contributed by atoms with van der Waals surface area (Å²) in [6, 6.07) is 0. The average molecular weight is 1410 g/mol. The van der Waals surface area contributed by atoms with Gasteiger partial charge in [0.05, 0.1) is 26.4 Å². The van der Waals surface area contributed by atoms with Gasteiger partial charge >= 0.3 is 39.5 Å². The van der Waals surface area contributed by atoms with Crippen molar-refractivity contribution in [2.24, 2.45) is 11.8 Å². The van der Waals surface area contributed by atoms with Crippen molar-refractivity contribution in [3.8, 4) is 0 Å². The molecule has 3 N–H and O–H groups in total. The van der Waals surface area contributed by atoms with Gasteiger partial charge in [0.1, 0.15) is 19.3 Å². The van der Waals surface area contributed by atoms with E-state index in [2.05, 4.69) is 41.5 Å². The average Bonchev–Trinajstić information content (AvgIpc) is 1.42. The maximum atomic E-state index is 13.1. The molecule has 96 heavy (non-hydrogen) atoms. The zero-order valence-electron chi connectivity index (χ0n) is 62.7. The quantitative estimate of drug-likeness (QED) is 0.0222. The molecule has 570 valence electrons. The van der Waals surface area contributed by atoms with E-state index in [9.17, 15) is 43.2 Å². The molecule has 0 radical (unpaired) electrons. The van der Waals surface area contributed by atoms with Gasteiger partial charge < -0.3 is 33.8 Å². The number of phosphoric ester groups is 2. The minimum Gasteiger partial charge on any atom is -0.462 e. The number of aliphatic hydroxyl groups excluding tert-OH is 1. The van der Waals surface area contributed by atoms with Crippen LogP contribution in [0.25, 0.3) is 0 Å². The summed E-state index contributed by atoms with van der Waals surface area (Å²) in [6.45, 7) is 9.58. The second-order valence-electron chi connectivity index (χ2n) is 28.5. The highest BCUT2D eigenvalue weighted by atomic mass is 31.2. The minimum atomic E-state index is -4.96. The summed E-state index contributed by atoms with van der Waals surface area (Å²) in [6.07, 6.45) is 57.1. The first-order chi connectivity index (χ1) is 46.4. The molecule has 6 atom stereocenters. The van der Waals surface area contributed by atoms with Crippen molar-refractivity contribution in [2.75, 3.05) is 39.6 Å². The molecule has 0 aliphatic rings. The van der Waals surface area contributed by atoms with Crippen molar-refractivity contribution < 1.29 is 80.2 Å². The van der Waals surface area contributed by atoms with Gasteiger partial charge in [-0.05, 0) is 37.5 Å². The number of carbonyl (C=O) groups excluding carboxylic acids is 4. The van der Waals surface area contributed by atoms with E-state index in [-0.39, 0.29) is 25.7 Å².